The lowest BCUT2D eigenvalue weighted by Crippen LogP contribution is -2.39. The van der Waals surface area contributed by atoms with Crippen LogP contribution in [0.2, 0.25) is 0 Å². The first kappa shape index (κ1) is 22.8. The van der Waals surface area contributed by atoms with Gasteiger partial charge in [-0.3, -0.25) is 9.79 Å². The molecule has 2 aromatic rings. The molecular formula is C21H22F3N3O3S. The molecule has 0 bridgehead atoms. The van der Waals surface area contributed by atoms with Crippen LogP contribution < -0.4 is 10.1 Å². The monoisotopic (exact) mass is 453 g/mol. The quantitative estimate of drug-likeness (QED) is 0.608. The molecule has 2 N–H and O–H groups in total. The van der Waals surface area contributed by atoms with Crippen LogP contribution in [-0.2, 0) is 0 Å². The van der Waals surface area contributed by atoms with E-state index in [2.05, 4.69) is 21.6 Å². The summed E-state index contributed by atoms with van der Waals surface area (Å²) in [6.45, 7) is 6.40. The van der Waals surface area contributed by atoms with Crippen molar-refractivity contribution in [2.45, 2.75) is 32.2 Å². The predicted molar refractivity (Wildman–Crippen MR) is 114 cm³/mol. The van der Waals surface area contributed by atoms with Gasteiger partial charge in [0, 0.05) is 24.4 Å². The van der Waals surface area contributed by atoms with Gasteiger partial charge in [-0.2, -0.15) is 0 Å². The maximum absolute atomic E-state index is 12.9. The van der Waals surface area contributed by atoms with E-state index in [-0.39, 0.29) is 17.8 Å². The highest BCUT2D eigenvalue weighted by molar-refractivity contribution is 7.18. The number of nitrogens with one attached hydrogen (secondary N) is 1. The van der Waals surface area contributed by atoms with Crippen LogP contribution in [0.5, 0.6) is 5.75 Å². The first-order valence-corrected chi connectivity index (χ1v) is 10.4. The average Bonchev–Trinajstić information content (AvgIpc) is 3.13. The zero-order chi connectivity index (χ0) is 22.6. The summed E-state index contributed by atoms with van der Waals surface area (Å²) < 4.78 is 40.8. The lowest BCUT2D eigenvalue weighted by Gasteiger charge is -2.29. The van der Waals surface area contributed by atoms with Crippen LogP contribution in [-0.4, -0.2) is 47.2 Å². The van der Waals surface area contributed by atoms with Crippen molar-refractivity contribution in [3.05, 3.63) is 53.6 Å². The highest BCUT2D eigenvalue weighted by Gasteiger charge is 2.31. The van der Waals surface area contributed by atoms with Crippen LogP contribution in [0.15, 0.2) is 48.1 Å². The smallest absolute Gasteiger partial charge is 0.406 e. The third-order valence-corrected chi connectivity index (χ3v) is 5.74. The number of carbonyl (C=O) groups is 1. The molecule has 3 rings (SSSR count). The molecule has 1 saturated heterocycles. The van der Waals surface area contributed by atoms with E-state index in [0.717, 1.165) is 0 Å². The number of hydrogen-bond acceptors (Lipinski definition) is 6. The molecule has 6 nitrogen and oxygen atoms in total. The molecule has 1 aromatic carbocycles. The number of aliphatic hydroxyl groups excluding tert-OH is 1. The van der Waals surface area contributed by atoms with Crippen LogP contribution >= 0.6 is 11.3 Å². The van der Waals surface area contributed by atoms with E-state index in [9.17, 15) is 23.1 Å². The minimum Gasteiger partial charge on any atom is -0.406 e. The van der Waals surface area contributed by atoms with Gasteiger partial charge in [0.1, 0.15) is 10.8 Å². The van der Waals surface area contributed by atoms with Gasteiger partial charge in [-0.1, -0.05) is 6.58 Å². The standard InChI is InChI=1S/C21H22F3N3O3S/c1-3-25-19-17(12-18(31-19)20(29)27-10-8-15(28)9-11-27)13(2)26-14-4-6-16(7-5-14)30-21(22,23)24/h3-7,12,15,25,28H,1,8-11H2,2H3. The Hall–Kier alpha value is -2.85. The van der Waals surface area contributed by atoms with Gasteiger partial charge in [-0.15, -0.1) is 24.5 Å². The fraction of sp³-hybridized carbons (Fsp3) is 0.333. The number of hydrogen-bond donors (Lipinski definition) is 2. The van der Waals surface area contributed by atoms with Crippen LogP contribution in [0, 0.1) is 0 Å². The summed E-state index contributed by atoms with van der Waals surface area (Å²) in [7, 11) is 0. The highest BCUT2D eigenvalue weighted by Crippen LogP contribution is 2.32. The molecule has 0 atom stereocenters. The summed E-state index contributed by atoms with van der Waals surface area (Å²) in [5.41, 5.74) is 1.72. The van der Waals surface area contributed by atoms with E-state index >= 15 is 0 Å². The fourth-order valence-electron chi connectivity index (χ4n) is 3.17. The number of carbonyl (C=O) groups excluding carboxylic acids is 1. The number of nitrogens with zero attached hydrogens (tertiary/aromatic N) is 2. The third kappa shape index (κ3) is 6.08. The number of ether oxygens (including phenoxy) is 1. The van der Waals surface area contributed by atoms with E-state index in [0.29, 0.717) is 52.8 Å². The molecule has 0 saturated carbocycles. The number of aliphatic hydroxyl groups is 1. The minimum absolute atomic E-state index is 0.114. The number of benzene rings is 1. The molecule has 31 heavy (non-hydrogen) atoms. The molecule has 0 unspecified atom stereocenters. The number of rotatable bonds is 6. The fourth-order valence-corrected chi connectivity index (χ4v) is 4.24. The average molecular weight is 453 g/mol. The predicted octanol–water partition coefficient (Wildman–Crippen LogP) is 4.94. The summed E-state index contributed by atoms with van der Waals surface area (Å²) >= 11 is 1.27. The van der Waals surface area contributed by atoms with Gasteiger partial charge in [0.2, 0.25) is 0 Å². The van der Waals surface area contributed by atoms with Gasteiger partial charge in [0.05, 0.1) is 16.7 Å². The Labute approximate surface area is 181 Å². The third-order valence-electron chi connectivity index (χ3n) is 4.68. The molecule has 0 radical (unpaired) electrons. The topological polar surface area (TPSA) is 74.2 Å². The van der Waals surface area contributed by atoms with E-state index in [1.165, 1.54) is 41.8 Å². The van der Waals surface area contributed by atoms with Crippen molar-refractivity contribution in [2.75, 3.05) is 18.4 Å². The zero-order valence-electron chi connectivity index (χ0n) is 16.8. The van der Waals surface area contributed by atoms with E-state index in [1.54, 1.807) is 17.9 Å². The largest absolute Gasteiger partial charge is 0.573 e. The number of thiophene rings is 1. The second-order valence-electron chi connectivity index (χ2n) is 6.96. The zero-order valence-corrected chi connectivity index (χ0v) is 17.6. The molecule has 1 aromatic heterocycles. The number of halogens is 3. The normalized spacial score (nSPS) is 15.6. The number of aliphatic imine (C=N–C) groups is 1. The summed E-state index contributed by atoms with van der Waals surface area (Å²) in [5.74, 6) is -0.440. The summed E-state index contributed by atoms with van der Waals surface area (Å²) in [6.07, 6.45) is -2.52. The number of piperidine rings is 1. The maximum atomic E-state index is 12.9. The molecule has 0 aliphatic carbocycles. The lowest BCUT2D eigenvalue weighted by molar-refractivity contribution is -0.274. The lowest BCUT2D eigenvalue weighted by atomic mass is 10.1. The number of alkyl halides is 3. The first-order valence-electron chi connectivity index (χ1n) is 9.56. The first-order chi connectivity index (χ1) is 14.7. The molecule has 1 fully saturated rings. The van der Waals surface area contributed by atoms with Crippen LogP contribution in [0.3, 0.4) is 0 Å². The Morgan fingerprint density at radius 3 is 2.55 bits per heavy atom. The van der Waals surface area contributed by atoms with Crippen molar-refractivity contribution < 1.29 is 27.8 Å². The molecule has 2 heterocycles. The molecule has 1 aliphatic rings. The van der Waals surface area contributed by atoms with Gasteiger partial charge in [-0.05, 0) is 56.3 Å². The summed E-state index contributed by atoms with van der Waals surface area (Å²) in [5, 5.41) is 13.3. The van der Waals surface area contributed by atoms with Gasteiger partial charge >= 0.3 is 6.36 Å². The van der Waals surface area contributed by atoms with Crippen molar-refractivity contribution in [2.24, 2.45) is 4.99 Å². The SMILES string of the molecule is C=CNc1sc(C(=O)N2CCC(O)CC2)cc1C(C)=Nc1ccc(OC(F)(F)F)cc1. The van der Waals surface area contributed by atoms with Crippen molar-refractivity contribution in [1.29, 1.82) is 0 Å². The Morgan fingerprint density at radius 2 is 1.97 bits per heavy atom. The van der Waals surface area contributed by atoms with E-state index in [4.69, 9.17) is 0 Å². The van der Waals surface area contributed by atoms with Crippen molar-refractivity contribution in [1.82, 2.24) is 4.90 Å². The second kappa shape index (κ2) is 9.52. The highest BCUT2D eigenvalue weighted by atomic mass is 32.1. The molecule has 1 aliphatic heterocycles. The van der Waals surface area contributed by atoms with E-state index in [1.807, 2.05) is 0 Å². The number of amides is 1. The molecule has 1 amide bonds. The molecule has 10 heteroatoms. The Kier molecular flexibility index (Phi) is 7.01. The Bertz CT molecular complexity index is 962. The number of likely N-dealkylation sites (tertiary alicyclic amines) is 1. The van der Waals surface area contributed by atoms with E-state index < -0.39 is 6.36 Å². The summed E-state index contributed by atoms with van der Waals surface area (Å²) in [4.78, 5) is 19.6. The van der Waals surface area contributed by atoms with Gasteiger partial charge < -0.3 is 20.1 Å². The minimum atomic E-state index is -4.75. The summed E-state index contributed by atoms with van der Waals surface area (Å²) in [6, 6.07) is 6.96. The second-order valence-corrected chi connectivity index (χ2v) is 8.02. The van der Waals surface area contributed by atoms with Gasteiger partial charge in [0.25, 0.3) is 5.91 Å². The molecule has 0 spiro atoms. The van der Waals surface area contributed by atoms with Gasteiger partial charge in [-0.25, -0.2) is 0 Å². The maximum Gasteiger partial charge on any atom is 0.573 e. The van der Waals surface area contributed by atoms with Crippen molar-refractivity contribution in [3.8, 4) is 5.75 Å². The van der Waals surface area contributed by atoms with Crippen molar-refractivity contribution in [3.63, 3.8) is 0 Å². The van der Waals surface area contributed by atoms with Crippen LogP contribution in [0.4, 0.5) is 23.9 Å². The number of anilines is 1. The Morgan fingerprint density at radius 1 is 1.32 bits per heavy atom. The van der Waals surface area contributed by atoms with Gasteiger partial charge in [0.15, 0.2) is 0 Å². The molecule has 166 valence electrons. The Balaban J connectivity index is 1.81. The molecular weight excluding hydrogens is 431 g/mol. The van der Waals surface area contributed by atoms with Crippen LogP contribution in [0.1, 0.15) is 35.0 Å². The van der Waals surface area contributed by atoms with Crippen molar-refractivity contribution >= 4 is 33.6 Å². The van der Waals surface area contributed by atoms with Crippen LogP contribution in [0.25, 0.3) is 0 Å².